The van der Waals surface area contributed by atoms with Crippen molar-refractivity contribution < 1.29 is 48.0 Å². The molecule has 5 aliphatic rings. The molecule has 1 amide bonds. The van der Waals surface area contributed by atoms with E-state index in [0.717, 1.165) is 31.7 Å². The Balaban J connectivity index is 1.49. The SMILES string of the molecule is CCN(Cc1cc(O)c2c(c1C(F)(F)F)C[C@H]1C[C@H]3[C@H](N(C)C)C(=O)C(C(N)=O)=C(O)[C@@]3(O)C(=O)C1=C2O)[C@@H]1CC2CCC1C2. The van der Waals surface area contributed by atoms with Gasteiger partial charge in [0.1, 0.15) is 22.8 Å². The number of aliphatic hydroxyl groups is 3. The molecule has 1 aromatic carbocycles. The van der Waals surface area contributed by atoms with E-state index in [9.17, 15) is 48.0 Å². The first-order valence-corrected chi connectivity index (χ1v) is 15.4. The fraction of sp³-hybridized carbons (Fsp3) is 0.594. The van der Waals surface area contributed by atoms with Crippen LogP contribution in [-0.4, -0.2) is 86.0 Å². The summed E-state index contributed by atoms with van der Waals surface area (Å²) in [7, 11) is 2.91. The fourth-order valence-electron chi connectivity index (χ4n) is 9.20. The number of amides is 1. The van der Waals surface area contributed by atoms with E-state index < -0.39 is 93.1 Å². The van der Waals surface area contributed by atoms with Gasteiger partial charge in [0, 0.05) is 24.1 Å². The number of benzene rings is 1. The number of rotatable bonds is 6. The van der Waals surface area contributed by atoms with Gasteiger partial charge >= 0.3 is 6.18 Å². The van der Waals surface area contributed by atoms with Gasteiger partial charge in [-0.05, 0) is 87.7 Å². The Morgan fingerprint density at radius 3 is 2.33 bits per heavy atom. The summed E-state index contributed by atoms with van der Waals surface area (Å²) in [6.07, 6.45) is -1.43. The molecule has 10 nitrogen and oxygen atoms in total. The van der Waals surface area contributed by atoms with Crippen molar-refractivity contribution in [2.75, 3.05) is 20.6 Å². The largest absolute Gasteiger partial charge is 0.508 e. The molecule has 0 radical (unpaired) electrons. The van der Waals surface area contributed by atoms with E-state index in [4.69, 9.17) is 5.73 Å². The van der Waals surface area contributed by atoms with Crippen LogP contribution in [0.4, 0.5) is 13.2 Å². The topological polar surface area (TPSA) is 165 Å². The average Bonchev–Trinajstić information content (AvgIpc) is 3.56. The summed E-state index contributed by atoms with van der Waals surface area (Å²) in [5, 5.41) is 45.2. The molecule has 2 bridgehead atoms. The van der Waals surface area contributed by atoms with E-state index in [2.05, 4.69) is 0 Å². The summed E-state index contributed by atoms with van der Waals surface area (Å²) < 4.78 is 44.9. The second-order valence-electron chi connectivity index (χ2n) is 13.5. The van der Waals surface area contributed by atoms with E-state index in [-0.39, 0.29) is 30.1 Å². The zero-order chi connectivity index (χ0) is 32.9. The molecule has 244 valence electrons. The zero-order valence-corrected chi connectivity index (χ0v) is 25.3. The van der Waals surface area contributed by atoms with Gasteiger partial charge in [0.25, 0.3) is 5.91 Å². The van der Waals surface area contributed by atoms with Gasteiger partial charge in [-0.15, -0.1) is 0 Å². The van der Waals surface area contributed by atoms with Crippen LogP contribution in [0.25, 0.3) is 5.76 Å². The van der Waals surface area contributed by atoms with Crippen LogP contribution >= 0.6 is 0 Å². The molecule has 0 saturated heterocycles. The van der Waals surface area contributed by atoms with Crippen LogP contribution in [0, 0.1) is 23.7 Å². The summed E-state index contributed by atoms with van der Waals surface area (Å²) in [5.74, 6) is -7.91. The van der Waals surface area contributed by atoms with Gasteiger partial charge in [0.05, 0.1) is 17.2 Å². The third-order valence-electron chi connectivity index (χ3n) is 11.0. The lowest BCUT2D eigenvalue weighted by molar-refractivity contribution is -0.153. The number of phenolic OH excluding ortho intramolecular Hbond substituents is 1. The van der Waals surface area contributed by atoms with Gasteiger partial charge < -0.3 is 26.2 Å². The first kappa shape index (κ1) is 31.6. The Labute approximate surface area is 258 Å². The number of nitrogens with zero attached hydrogens (tertiary/aromatic N) is 2. The van der Waals surface area contributed by atoms with Crippen LogP contribution < -0.4 is 5.73 Å². The molecule has 1 aromatic rings. The highest BCUT2D eigenvalue weighted by molar-refractivity contribution is 6.24. The molecule has 5 aliphatic carbocycles. The van der Waals surface area contributed by atoms with Crippen molar-refractivity contribution in [2.45, 2.75) is 75.9 Å². The van der Waals surface area contributed by atoms with Crippen LogP contribution in [0.2, 0.25) is 0 Å². The average molecular weight is 634 g/mol. The minimum absolute atomic E-state index is 0.0604. The smallest absolute Gasteiger partial charge is 0.417 e. The van der Waals surface area contributed by atoms with Crippen LogP contribution in [0.3, 0.4) is 0 Å². The number of Topliss-reactive ketones (excluding diaryl/α,β-unsaturated/α-hetero) is 2. The number of aliphatic hydroxyl groups excluding tert-OH is 2. The number of aromatic hydroxyl groups is 1. The Hall–Kier alpha value is -3.42. The normalized spacial score (nSPS) is 32.8. The number of hydrogen-bond acceptors (Lipinski definition) is 9. The number of nitrogens with two attached hydrogens (primary N) is 1. The van der Waals surface area contributed by atoms with Gasteiger partial charge in [-0.25, -0.2) is 0 Å². The quantitative estimate of drug-likeness (QED) is 0.296. The summed E-state index contributed by atoms with van der Waals surface area (Å²) in [4.78, 5) is 42.8. The maximum absolute atomic E-state index is 15.0. The van der Waals surface area contributed by atoms with E-state index >= 15 is 0 Å². The van der Waals surface area contributed by atoms with Crippen LogP contribution in [0.15, 0.2) is 23.0 Å². The van der Waals surface area contributed by atoms with Gasteiger partial charge in [0.15, 0.2) is 11.4 Å². The van der Waals surface area contributed by atoms with Crippen LogP contribution in [0.5, 0.6) is 5.75 Å². The number of halogens is 3. The first-order chi connectivity index (χ1) is 21.0. The molecule has 6 N–H and O–H groups in total. The number of phenols is 1. The Morgan fingerprint density at radius 2 is 1.80 bits per heavy atom. The van der Waals surface area contributed by atoms with Crippen LogP contribution in [0.1, 0.15) is 61.3 Å². The number of alkyl halides is 3. The number of carbonyl (C=O) groups is 3. The van der Waals surface area contributed by atoms with Gasteiger partial charge in [-0.1, -0.05) is 13.3 Å². The molecular weight excluding hydrogens is 595 g/mol. The molecule has 7 atom stereocenters. The van der Waals surface area contributed by atoms with E-state index in [0.29, 0.717) is 18.4 Å². The predicted octanol–water partition coefficient (Wildman–Crippen LogP) is 2.99. The maximum Gasteiger partial charge on any atom is 0.417 e. The standard InChI is InChI=1S/C32H38F3N3O7/c1-4-38(19-8-13-5-6-14(19)7-13)12-16-11-20(39)22-17(24(16)32(33,34)35)9-15-10-18-25(37(2)3)27(41)23(30(36)44)29(43)31(18,45)28(42)21(15)26(22)40/h11,13-15,18-19,25,39-40,43,45H,4-10,12H2,1-3H3,(H2,36,44)/t13?,14?,15-,18-,19+,25-,31-/m0/s1. The first-order valence-electron chi connectivity index (χ1n) is 15.4. The number of primary amides is 1. The number of fused-ring (bicyclic) bond motifs is 5. The van der Waals surface area contributed by atoms with Crippen molar-refractivity contribution in [3.8, 4) is 5.75 Å². The predicted molar refractivity (Wildman–Crippen MR) is 155 cm³/mol. The number of carbonyl (C=O) groups excluding carboxylic acids is 3. The fourth-order valence-corrected chi connectivity index (χ4v) is 9.20. The Morgan fingerprint density at radius 1 is 1.11 bits per heavy atom. The monoisotopic (exact) mass is 633 g/mol. The molecule has 45 heavy (non-hydrogen) atoms. The molecule has 0 spiro atoms. The van der Waals surface area contributed by atoms with Crippen LogP contribution in [-0.2, 0) is 33.5 Å². The summed E-state index contributed by atoms with van der Waals surface area (Å²) in [6, 6.07) is -0.202. The molecule has 0 heterocycles. The van der Waals surface area contributed by atoms with Gasteiger partial charge in [-0.2, -0.15) is 13.2 Å². The highest BCUT2D eigenvalue weighted by atomic mass is 19.4. The summed E-state index contributed by atoms with van der Waals surface area (Å²) >= 11 is 0. The van der Waals surface area contributed by atoms with Crippen molar-refractivity contribution in [3.05, 3.63) is 45.2 Å². The number of hydrogen-bond donors (Lipinski definition) is 5. The van der Waals surface area contributed by atoms with Gasteiger partial charge in [0.2, 0.25) is 5.78 Å². The zero-order valence-electron chi connectivity index (χ0n) is 25.3. The molecule has 13 heteroatoms. The Kier molecular flexibility index (Phi) is 7.41. The minimum Gasteiger partial charge on any atom is -0.508 e. The molecule has 6 rings (SSSR count). The Bertz CT molecular complexity index is 1570. The third-order valence-corrected chi connectivity index (χ3v) is 11.0. The molecule has 2 unspecified atom stereocenters. The van der Waals surface area contributed by atoms with Crippen molar-refractivity contribution in [3.63, 3.8) is 0 Å². The second-order valence-corrected chi connectivity index (χ2v) is 13.5. The molecule has 0 aromatic heterocycles. The molecule has 3 saturated carbocycles. The lowest BCUT2D eigenvalue weighted by Gasteiger charge is -2.50. The minimum atomic E-state index is -4.87. The lowest BCUT2D eigenvalue weighted by Crippen LogP contribution is -2.65. The molecule has 0 aliphatic heterocycles. The number of likely N-dealkylation sites (N-methyl/N-ethyl adjacent to an activating group) is 1. The number of ketones is 2. The molecular formula is C32H38F3N3O7. The highest BCUT2D eigenvalue weighted by Gasteiger charge is 2.64. The van der Waals surface area contributed by atoms with E-state index in [1.165, 1.54) is 19.0 Å². The van der Waals surface area contributed by atoms with Gasteiger partial charge in [-0.3, -0.25) is 24.2 Å². The highest BCUT2D eigenvalue weighted by Crippen LogP contribution is 2.55. The lowest BCUT2D eigenvalue weighted by atomic mass is 9.57. The maximum atomic E-state index is 15.0. The van der Waals surface area contributed by atoms with Crippen molar-refractivity contribution >= 4 is 23.2 Å². The van der Waals surface area contributed by atoms with Crippen molar-refractivity contribution in [1.82, 2.24) is 9.80 Å². The summed E-state index contributed by atoms with van der Waals surface area (Å²) in [5.41, 5.74) is -1.04. The van der Waals surface area contributed by atoms with E-state index in [1.807, 2.05) is 11.8 Å². The molecule has 3 fully saturated rings. The van der Waals surface area contributed by atoms with Crippen molar-refractivity contribution in [1.29, 1.82) is 0 Å². The van der Waals surface area contributed by atoms with E-state index in [1.54, 1.807) is 0 Å². The second kappa shape index (κ2) is 10.6. The summed E-state index contributed by atoms with van der Waals surface area (Å²) in [6.45, 7) is 2.35. The third kappa shape index (κ3) is 4.52. The van der Waals surface area contributed by atoms with Crippen molar-refractivity contribution in [2.24, 2.45) is 29.4 Å².